The Hall–Kier alpha value is -3.26. The normalized spacial score (nSPS) is 25.8. The number of nitrogens with one attached hydrogen (secondary N) is 1. The van der Waals surface area contributed by atoms with Crippen LogP contribution in [-0.4, -0.2) is 54.8 Å². The lowest BCUT2D eigenvalue weighted by atomic mass is 9.70. The minimum absolute atomic E-state index is 0.0598. The molecule has 5 rings (SSSR count). The van der Waals surface area contributed by atoms with Crippen molar-refractivity contribution in [3.05, 3.63) is 59.7 Å². The average molecular weight is 537 g/mol. The Bertz CT molecular complexity index is 1180. The third kappa shape index (κ3) is 5.57. The van der Waals surface area contributed by atoms with Crippen LogP contribution in [0.15, 0.2) is 48.5 Å². The molecule has 2 aromatic carbocycles. The molecule has 2 aromatic rings. The molecule has 0 radical (unpaired) electrons. The Labute approximate surface area is 230 Å². The van der Waals surface area contributed by atoms with Crippen molar-refractivity contribution in [2.75, 3.05) is 20.2 Å². The molecule has 8 nitrogen and oxygen atoms in total. The number of benzene rings is 2. The predicted octanol–water partition coefficient (Wildman–Crippen LogP) is 5.11. The largest absolute Gasteiger partial charge is 0.493 e. The fourth-order valence-electron chi connectivity index (χ4n) is 6.26. The molecule has 39 heavy (non-hydrogen) atoms. The van der Waals surface area contributed by atoms with Crippen LogP contribution in [-0.2, 0) is 20.9 Å². The number of fused-ring (bicyclic) bond motifs is 4. The number of amides is 2. The number of nitrogens with zero attached hydrogens (tertiary/aromatic N) is 1. The van der Waals surface area contributed by atoms with Gasteiger partial charge >= 0.3 is 6.09 Å². The van der Waals surface area contributed by atoms with E-state index in [2.05, 4.69) is 25.2 Å². The molecule has 1 N–H and O–H groups in total. The van der Waals surface area contributed by atoms with Crippen molar-refractivity contribution in [3.8, 4) is 11.5 Å². The van der Waals surface area contributed by atoms with Crippen LogP contribution in [0.5, 0.6) is 11.5 Å². The van der Waals surface area contributed by atoms with Gasteiger partial charge in [-0.1, -0.05) is 56.3 Å². The zero-order valence-corrected chi connectivity index (χ0v) is 23.5. The molecule has 0 unspecified atom stereocenters. The Morgan fingerprint density at radius 3 is 2.62 bits per heavy atom. The molecular weight excluding hydrogens is 496 g/mol. The van der Waals surface area contributed by atoms with Crippen LogP contribution in [0.25, 0.3) is 0 Å². The summed E-state index contributed by atoms with van der Waals surface area (Å²) in [5.74, 6) is 1.67. The van der Waals surface area contributed by atoms with Gasteiger partial charge in [0.15, 0.2) is 11.5 Å². The summed E-state index contributed by atoms with van der Waals surface area (Å²) in [6, 6.07) is 14.8. The Morgan fingerprint density at radius 1 is 1.13 bits per heavy atom. The van der Waals surface area contributed by atoms with Crippen LogP contribution in [0.2, 0.25) is 0 Å². The van der Waals surface area contributed by atoms with Crippen LogP contribution in [0, 0.1) is 17.8 Å². The van der Waals surface area contributed by atoms with Crippen molar-refractivity contribution in [2.45, 2.75) is 71.0 Å². The summed E-state index contributed by atoms with van der Waals surface area (Å²) in [6.45, 7) is 9.43. The van der Waals surface area contributed by atoms with Gasteiger partial charge in [0.2, 0.25) is 5.91 Å². The maximum absolute atomic E-state index is 13.6. The average Bonchev–Trinajstić information content (AvgIpc) is 2.93. The number of rotatable bonds is 6. The molecule has 0 aromatic heterocycles. The van der Waals surface area contributed by atoms with E-state index in [0.29, 0.717) is 13.1 Å². The number of piperidine rings is 1. The van der Waals surface area contributed by atoms with Crippen LogP contribution in [0.1, 0.15) is 57.8 Å². The van der Waals surface area contributed by atoms with Gasteiger partial charge in [0.1, 0.15) is 18.2 Å². The molecule has 0 bridgehead atoms. The van der Waals surface area contributed by atoms with Gasteiger partial charge in [-0.3, -0.25) is 4.79 Å². The summed E-state index contributed by atoms with van der Waals surface area (Å²) in [6.07, 6.45) is 1.04. The van der Waals surface area contributed by atoms with Crippen molar-refractivity contribution in [3.63, 3.8) is 0 Å². The first-order chi connectivity index (χ1) is 18.7. The summed E-state index contributed by atoms with van der Waals surface area (Å²) in [5, 5.41) is 2.82. The number of hydrogen-bond donors (Lipinski definition) is 1. The van der Waals surface area contributed by atoms with Crippen molar-refractivity contribution < 1.29 is 28.5 Å². The summed E-state index contributed by atoms with van der Waals surface area (Å²) < 4.78 is 24.2. The fourth-order valence-corrected chi connectivity index (χ4v) is 6.26. The molecule has 0 saturated carbocycles. The summed E-state index contributed by atoms with van der Waals surface area (Å²) in [4.78, 5) is 28.1. The predicted molar refractivity (Wildman–Crippen MR) is 146 cm³/mol. The first kappa shape index (κ1) is 27.3. The van der Waals surface area contributed by atoms with Gasteiger partial charge in [0, 0.05) is 30.5 Å². The second-order valence-corrected chi connectivity index (χ2v) is 11.8. The van der Waals surface area contributed by atoms with Crippen LogP contribution >= 0.6 is 0 Å². The molecular formula is C31H40N2O6. The monoisotopic (exact) mass is 536 g/mol. The van der Waals surface area contributed by atoms with Crippen LogP contribution < -0.4 is 14.8 Å². The number of hydrogen-bond acceptors (Lipinski definition) is 6. The lowest BCUT2D eigenvalue weighted by molar-refractivity contribution is -0.189. The molecule has 5 atom stereocenters. The molecule has 0 spiro atoms. The quantitative estimate of drug-likeness (QED) is 0.552. The summed E-state index contributed by atoms with van der Waals surface area (Å²) in [5.41, 5.74) is 1.48. The first-order valence-electron chi connectivity index (χ1n) is 13.9. The molecule has 3 aliphatic heterocycles. The maximum atomic E-state index is 13.6. The number of ether oxygens (including phenoxy) is 4. The van der Waals surface area contributed by atoms with E-state index in [1.54, 1.807) is 7.11 Å². The zero-order chi connectivity index (χ0) is 27.7. The zero-order valence-electron chi connectivity index (χ0n) is 23.5. The summed E-state index contributed by atoms with van der Waals surface area (Å²) in [7, 11) is 1.66. The third-order valence-electron chi connectivity index (χ3n) is 8.43. The molecule has 2 fully saturated rings. The van der Waals surface area contributed by atoms with Gasteiger partial charge in [-0.2, -0.15) is 0 Å². The minimum atomic E-state index is -0.657. The molecule has 3 aliphatic rings. The Morgan fingerprint density at radius 2 is 1.90 bits per heavy atom. The lowest BCUT2D eigenvalue weighted by Crippen LogP contribution is -2.59. The van der Waals surface area contributed by atoms with E-state index < -0.39 is 17.7 Å². The molecule has 8 heteroatoms. The minimum Gasteiger partial charge on any atom is -0.493 e. The van der Waals surface area contributed by atoms with E-state index in [9.17, 15) is 9.59 Å². The first-order valence-corrected chi connectivity index (χ1v) is 13.9. The standard InChI is InChI=1S/C31H40N2O6/c1-19(2)26(32-30(35)37-18-20-10-7-6-8-11-20)29(34)33-15-14-24-21(17-33)16-23-27(38-24)22-12-9-13-25(36-5)28(22)39-31(23,3)4/h6-13,19,21,23-24,26-27H,14-18H2,1-5H3,(H,32,35)/t21-,23+,24+,26-,27-/m0/s1. The van der Waals surface area contributed by atoms with Crippen LogP contribution in [0.4, 0.5) is 4.79 Å². The maximum Gasteiger partial charge on any atom is 0.408 e. The highest BCUT2D eigenvalue weighted by Crippen LogP contribution is 2.55. The third-order valence-corrected chi connectivity index (χ3v) is 8.43. The number of carbonyl (C=O) groups is 2. The number of para-hydroxylation sites is 1. The second kappa shape index (κ2) is 11.1. The van der Waals surface area contributed by atoms with Gasteiger partial charge in [0.25, 0.3) is 0 Å². The summed E-state index contributed by atoms with van der Waals surface area (Å²) >= 11 is 0. The smallest absolute Gasteiger partial charge is 0.408 e. The van der Waals surface area contributed by atoms with E-state index >= 15 is 0 Å². The molecule has 2 amide bonds. The number of likely N-dealkylation sites (tertiary alicyclic amines) is 1. The van der Waals surface area contributed by atoms with E-state index in [1.165, 1.54) is 0 Å². The molecule has 2 saturated heterocycles. The van der Waals surface area contributed by atoms with E-state index in [0.717, 1.165) is 35.5 Å². The van der Waals surface area contributed by atoms with Crippen LogP contribution in [0.3, 0.4) is 0 Å². The fraction of sp³-hybridized carbons (Fsp3) is 0.548. The van der Waals surface area contributed by atoms with Gasteiger partial charge in [-0.25, -0.2) is 4.79 Å². The van der Waals surface area contributed by atoms with Crippen molar-refractivity contribution >= 4 is 12.0 Å². The highest BCUT2D eigenvalue weighted by molar-refractivity contribution is 5.86. The van der Waals surface area contributed by atoms with Crippen molar-refractivity contribution in [2.24, 2.45) is 17.8 Å². The second-order valence-electron chi connectivity index (χ2n) is 11.8. The highest BCUT2D eigenvalue weighted by atomic mass is 16.6. The van der Waals surface area contributed by atoms with Crippen molar-refractivity contribution in [1.82, 2.24) is 10.2 Å². The number of carbonyl (C=O) groups excluding carboxylic acids is 2. The van der Waals surface area contributed by atoms with Gasteiger partial charge in [-0.15, -0.1) is 0 Å². The highest BCUT2D eigenvalue weighted by Gasteiger charge is 2.52. The van der Waals surface area contributed by atoms with Gasteiger partial charge < -0.3 is 29.2 Å². The van der Waals surface area contributed by atoms with Gasteiger partial charge in [-0.05, 0) is 44.2 Å². The molecule has 0 aliphatic carbocycles. The van der Waals surface area contributed by atoms with E-state index in [1.807, 2.05) is 61.2 Å². The van der Waals surface area contributed by atoms with Crippen molar-refractivity contribution in [1.29, 1.82) is 0 Å². The van der Waals surface area contributed by atoms with E-state index in [-0.39, 0.29) is 42.5 Å². The number of alkyl carbamates (subject to hydrolysis) is 1. The molecule has 3 heterocycles. The van der Waals surface area contributed by atoms with E-state index in [4.69, 9.17) is 18.9 Å². The SMILES string of the molecule is COc1cccc2c1OC(C)(C)[C@@H]1C[C@H]3CN(C(=O)[C@@H](NC(=O)OCc4ccccc4)C(C)C)CC[C@H]3O[C@@H]21. The molecule has 210 valence electrons. The Kier molecular flexibility index (Phi) is 7.76. The van der Waals surface area contributed by atoms with Gasteiger partial charge in [0.05, 0.1) is 19.3 Å². The topological polar surface area (TPSA) is 86.3 Å². The number of methoxy groups -OCH3 is 1. The lowest BCUT2D eigenvalue weighted by Gasteiger charge is -2.53. The Balaban J connectivity index is 1.25.